The molecule has 1 aliphatic rings. The number of ether oxygens (including phenoxy) is 2. The molecule has 9 nitrogen and oxygen atoms in total. The van der Waals surface area contributed by atoms with Crippen molar-refractivity contribution in [3.05, 3.63) is 59.9 Å². The zero-order valence-electron chi connectivity index (χ0n) is 19.6. The van der Waals surface area contributed by atoms with Gasteiger partial charge < -0.3 is 9.47 Å². The second kappa shape index (κ2) is 8.39. The van der Waals surface area contributed by atoms with Crippen LogP contribution in [0.5, 0.6) is 11.9 Å². The van der Waals surface area contributed by atoms with E-state index in [9.17, 15) is 13.2 Å². The van der Waals surface area contributed by atoms with Gasteiger partial charge in [0.1, 0.15) is 12.4 Å². The smallest absolute Gasteiger partial charge is 0.408 e. The van der Waals surface area contributed by atoms with Crippen molar-refractivity contribution in [3.63, 3.8) is 0 Å². The number of nitrogens with zero attached hydrogens (tertiary/aromatic N) is 7. The van der Waals surface area contributed by atoms with Crippen LogP contribution < -0.4 is 9.47 Å². The molecule has 4 heterocycles. The van der Waals surface area contributed by atoms with Gasteiger partial charge in [-0.1, -0.05) is 0 Å². The minimum Gasteiger partial charge on any atom is -0.480 e. The van der Waals surface area contributed by atoms with Gasteiger partial charge in [0, 0.05) is 29.5 Å². The van der Waals surface area contributed by atoms with Crippen molar-refractivity contribution in [2.45, 2.75) is 31.0 Å². The Hall–Kier alpha value is -4.29. The lowest BCUT2D eigenvalue weighted by Crippen LogP contribution is -2.18. The van der Waals surface area contributed by atoms with E-state index in [1.165, 1.54) is 32.5 Å². The van der Waals surface area contributed by atoms with Gasteiger partial charge in [-0.2, -0.15) is 28.4 Å². The summed E-state index contributed by atoms with van der Waals surface area (Å²) in [4.78, 5) is 12.8. The molecule has 37 heavy (non-hydrogen) atoms. The number of methoxy groups -OCH3 is 2. The van der Waals surface area contributed by atoms with E-state index in [0.717, 1.165) is 10.2 Å². The van der Waals surface area contributed by atoms with Gasteiger partial charge in [0.15, 0.2) is 5.65 Å². The van der Waals surface area contributed by atoms with E-state index in [4.69, 9.17) is 9.47 Å². The van der Waals surface area contributed by atoms with E-state index in [-0.39, 0.29) is 29.2 Å². The lowest BCUT2D eigenvalue weighted by molar-refractivity contribution is -0.141. The molecular formula is C24H19F4N7O2. The van der Waals surface area contributed by atoms with Crippen LogP contribution in [0.4, 0.5) is 17.6 Å². The number of hydrogen-bond donors (Lipinski definition) is 0. The first-order valence-corrected chi connectivity index (χ1v) is 11.3. The Morgan fingerprint density at radius 1 is 1.03 bits per heavy atom. The molecule has 6 rings (SSSR count). The highest BCUT2D eigenvalue weighted by Crippen LogP contribution is 2.56. The summed E-state index contributed by atoms with van der Waals surface area (Å²) in [5.41, 5.74) is 3.05. The van der Waals surface area contributed by atoms with Crippen LogP contribution in [0.2, 0.25) is 0 Å². The average molecular weight is 513 g/mol. The van der Waals surface area contributed by atoms with Crippen molar-refractivity contribution in [1.29, 1.82) is 0 Å². The second-order valence-electron chi connectivity index (χ2n) is 8.76. The Labute approximate surface area is 206 Å². The van der Waals surface area contributed by atoms with Crippen molar-refractivity contribution >= 4 is 16.6 Å². The SMILES string of the molecule is COc1ncc(-c2cc([C@H]3C[C@@H]3c3cc4c(cnn4CC(F)(F)F)cc3F)c3nccn3n2)c(OC)n1. The zero-order valence-corrected chi connectivity index (χ0v) is 19.6. The van der Waals surface area contributed by atoms with Crippen LogP contribution in [0.1, 0.15) is 29.4 Å². The van der Waals surface area contributed by atoms with Gasteiger partial charge in [0.25, 0.3) is 0 Å². The fraction of sp³-hybridized carbons (Fsp3) is 0.292. The van der Waals surface area contributed by atoms with Crippen LogP contribution in [0, 0.1) is 5.82 Å². The van der Waals surface area contributed by atoms with Crippen LogP contribution in [-0.4, -0.2) is 54.7 Å². The molecule has 1 saturated carbocycles. The highest BCUT2D eigenvalue weighted by atomic mass is 19.4. The fourth-order valence-electron chi connectivity index (χ4n) is 4.70. The fourth-order valence-corrected chi connectivity index (χ4v) is 4.70. The molecule has 0 radical (unpaired) electrons. The molecule has 5 aromatic rings. The number of imidazole rings is 1. The van der Waals surface area contributed by atoms with Crippen molar-refractivity contribution in [3.8, 4) is 23.1 Å². The predicted octanol–water partition coefficient (Wildman–Crippen LogP) is 4.53. The second-order valence-corrected chi connectivity index (χ2v) is 8.76. The van der Waals surface area contributed by atoms with E-state index >= 15 is 4.39 Å². The molecule has 0 bridgehead atoms. The van der Waals surface area contributed by atoms with Crippen molar-refractivity contribution < 1.29 is 27.0 Å². The summed E-state index contributed by atoms with van der Waals surface area (Å²) in [7, 11) is 2.92. The number of rotatable bonds is 6. The first kappa shape index (κ1) is 23.1. The Balaban J connectivity index is 1.40. The normalized spacial score (nSPS) is 17.5. The van der Waals surface area contributed by atoms with Crippen molar-refractivity contribution in [1.82, 2.24) is 34.3 Å². The van der Waals surface area contributed by atoms with E-state index < -0.39 is 18.5 Å². The number of halogens is 4. The number of aromatic nitrogens is 7. The van der Waals surface area contributed by atoms with Crippen LogP contribution in [0.3, 0.4) is 0 Å². The van der Waals surface area contributed by atoms with Gasteiger partial charge in [-0.05, 0) is 42.0 Å². The summed E-state index contributed by atoms with van der Waals surface area (Å²) in [5, 5.41) is 8.72. The Bertz CT molecular complexity index is 1650. The molecule has 0 saturated heterocycles. The molecule has 0 N–H and O–H groups in total. The Kier molecular flexibility index (Phi) is 5.24. The molecular weight excluding hydrogens is 494 g/mol. The van der Waals surface area contributed by atoms with Gasteiger partial charge >= 0.3 is 12.2 Å². The third-order valence-corrected chi connectivity index (χ3v) is 6.45. The predicted molar refractivity (Wildman–Crippen MR) is 123 cm³/mol. The Morgan fingerprint density at radius 3 is 2.59 bits per heavy atom. The number of alkyl halides is 3. The maximum atomic E-state index is 15.1. The Morgan fingerprint density at radius 2 is 1.84 bits per heavy atom. The topological polar surface area (TPSA) is 92.3 Å². The first-order valence-electron chi connectivity index (χ1n) is 11.3. The number of hydrogen-bond acceptors (Lipinski definition) is 7. The number of fused-ring (bicyclic) bond motifs is 2. The molecule has 13 heteroatoms. The van der Waals surface area contributed by atoms with Gasteiger partial charge in [0.05, 0.1) is 37.2 Å². The molecule has 1 aliphatic carbocycles. The molecule has 0 aliphatic heterocycles. The molecule has 0 spiro atoms. The van der Waals surface area contributed by atoms with Gasteiger partial charge in [-0.3, -0.25) is 4.68 Å². The van der Waals surface area contributed by atoms with E-state index in [0.29, 0.717) is 34.3 Å². The first-order chi connectivity index (χ1) is 17.8. The van der Waals surface area contributed by atoms with Crippen molar-refractivity contribution in [2.24, 2.45) is 0 Å². The van der Waals surface area contributed by atoms with E-state index in [1.807, 2.05) is 6.07 Å². The molecule has 190 valence electrons. The largest absolute Gasteiger partial charge is 0.480 e. The maximum absolute atomic E-state index is 15.1. The summed E-state index contributed by atoms with van der Waals surface area (Å²) in [6.45, 7) is -1.25. The highest BCUT2D eigenvalue weighted by Gasteiger charge is 2.43. The van der Waals surface area contributed by atoms with Crippen LogP contribution >= 0.6 is 0 Å². The average Bonchev–Trinajstić information content (AvgIpc) is 3.35. The highest BCUT2D eigenvalue weighted by molar-refractivity contribution is 5.80. The third-order valence-electron chi connectivity index (χ3n) is 6.45. The third kappa shape index (κ3) is 4.09. The van der Waals surface area contributed by atoms with Gasteiger partial charge in [-0.15, -0.1) is 0 Å². The molecule has 1 aromatic carbocycles. The summed E-state index contributed by atoms with van der Waals surface area (Å²) >= 11 is 0. The molecule has 4 aromatic heterocycles. The minimum atomic E-state index is -4.44. The molecule has 2 atom stereocenters. The van der Waals surface area contributed by atoms with Crippen LogP contribution in [0.15, 0.2) is 43.0 Å². The summed E-state index contributed by atoms with van der Waals surface area (Å²) < 4.78 is 67.0. The lowest BCUT2D eigenvalue weighted by Gasteiger charge is -2.11. The van der Waals surface area contributed by atoms with E-state index in [1.54, 1.807) is 23.1 Å². The summed E-state index contributed by atoms with van der Waals surface area (Å²) in [6, 6.07) is 4.69. The van der Waals surface area contributed by atoms with E-state index in [2.05, 4.69) is 25.1 Å². The van der Waals surface area contributed by atoms with Gasteiger partial charge in [0.2, 0.25) is 5.88 Å². The van der Waals surface area contributed by atoms with Crippen LogP contribution in [-0.2, 0) is 6.54 Å². The monoisotopic (exact) mass is 513 g/mol. The van der Waals surface area contributed by atoms with Crippen molar-refractivity contribution in [2.75, 3.05) is 14.2 Å². The lowest BCUT2D eigenvalue weighted by atomic mass is 10.0. The maximum Gasteiger partial charge on any atom is 0.408 e. The molecule has 0 unspecified atom stereocenters. The summed E-state index contributed by atoms with van der Waals surface area (Å²) in [5.74, 6) is -0.580. The zero-order chi connectivity index (χ0) is 25.9. The standard InChI is InChI=1S/C24H19F4N7O2/c1-36-22-17(10-30-23(32-22)37-2)19-7-16(21-29-3-4-34(21)33-19)14-6-13(14)15-8-20-12(5-18(15)25)9-31-35(20)11-24(26,27)28/h3-5,7-10,13-14H,6,11H2,1-2H3/t13-,14-/m0/s1. The summed E-state index contributed by atoms with van der Waals surface area (Å²) in [6.07, 6.45) is 2.24. The molecule has 1 fully saturated rings. The number of benzene rings is 1. The van der Waals surface area contributed by atoms with Gasteiger partial charge in [-0.25, -0.2) is 18.9 Å². The minimum absolute atomic E-state index is 0.122. The van der Waals surface area contributed by atoms with Crippen LogP contribution in [0.25, 0.3) is 27.8 Å². The quantitative estimate of drug-likeness (QED) is 0.308. The molecule has 0 amide bonds.